The third-order valence-electron chi connectivity index (χ3n) is 4.07. The van der Waals surface area contributed by atoms with Crippen molar-refractivity contribution in [2.24, 2.45) is 5.92 Å². The maximum atomic E-state index is 12.7. The van der Waals surface area contributed by atoms with Crippen molar-refractivity contribution in [2.45, 2.75) is 40.0 Å². The molecule has 5 heteroatoms. The molecule has 0 saturated carbocycles. The molecule has 0 aliphatic heterocycles. The molecule has 0 amide bonds. The first kappa shape index (κ1) is 21.0. The molecule has 1 unspecified atom stereocenters. The number of hydrogen-bond acceptors (Lipinski definition) is 3. The zero-order chi connectivity index (χ0) is 19.3. The summed E-state index contributed by atoms with van der Waals surface area (Å²) in [6.45, 7) is 8.99. The fraction of sp³-hybridized carbons (Fsp3) is 0.381. The molecule has 1 atom stereocenters. The summed E-state index contributed by atoms with van der Waals surface area (Å²) >= 11 is 6.92. The van der Waals surface area contributed by atoms with Gasteiger partial charge in [0.2, 0.25) is 0 Å². The summed E-state index contributed by atoms with van der Waals surface area (Å²) in [5.41, 5.74) is 1.61. The van der Waals surface area contributed by atoms with Crippen molar-refractivity contribution in [2.75, 3.05) is 6.61 Å². The van der Waals surface area contributed by atoms with Crippen molar-refractivity contribution in [1.29, 1.82) is 0 Å². The van der Waals surface area contributed by atoms with Crippen molar-refractivity contribution < 1.29 is 14.3 Å². The minimum Gasteiger partial charge on any atom is -0.492 e. The Balaban J connectivity index is 2.23. The number of halogens is 2. The van der Waals surface area contributed by atoms with Gasteiger partial charge in [0.1, 0.15) is 17.1 Å². The van der Waals surface area contributed by atoms with E-state index in [2.05, 4.69) is 59.6 Å². The second kappa shape index (κ2) is 9.56. The third kappa shape index (κ3) is 5.58. The van der Waals surface area contributed by atoms with Gasteiger partial charge in [-0.05, 0) is 70.1 Å². The van der Waals surface area contributed by atoms with Crippen LogP contribution in [0.15, 0.2) is 45.3 Å². The zero-order valence-corrected chi connectivity index (χ0v) is 18.7. The van der Waals surface area contributed by atoms with E-state index in [0.29, 0.717) is 35.5 Å². The number of benzene rings is 2. The summed E-state index contributed by atoms with van der Waals surface area (Å²) in [6.07, 6.45) is 1.06. The first-order valence-electron chi connectivity index (χ1n) is 8.75. The number of hydrogen-bond donors (Lipinski definition) is 0. The molecule has 2 aromatic carbocycles. The van der Waals surface area contributed by atoms with E-state index in [4.69, 9.17) is 9.47 Å². The van der Waals surface area contributed by atoms with Crippen LogP contribution in [0.4, 0.5) is 0 Å². The van der Waals surface area contributed by atoms with E-state index >= 15 is 0 Å². The topological polar surface area (TPSA) is 35.5 Å². The Hall–Kier alpha value is -1.33. The van der Waals surface area contributed by atoms with E-state index in [9.17, 15) is 4.79 Å². The standard InChI is InChI=1S/C21H24Br2O3/c1-5-14(4)15-6-8-20(18(23)10-15)26-21(24)17-11-16(22)7-9-19(17)25-12-13(2)3/h6-11,13-14H,5,12H2,1-4H3. The minimum atomic E-state index is -0.443. The van der Waals surface area contributed by atoms with Gasteiger partial charge in [-0.15, -0.1) is 0 Å². The molecule has 0 aliphatic carbocycles. The molecule has 0 aliphatic rings. The van der Waals surface area contributed by atoms with Crippen LogP contribution in [0.1, 0.15) is 56.0 Å². The molecule has 0 saturated heterocycles. The smallest absolute Gasteiger partial charge is 0.347 e. The summed E-state index contributed by atoms with van der Waals surface area (Å²) in [5.74, 6) is 1.40. The first-order valence-corrected chi connectivity index (χ1v) is 10.3. The van der Waals surface area contributed by atoms with Crippen LogP contribution in [0.3, 0.4) is 0 Å². The summed E-state index contributed by atoms with van der Waals surface area (Å²) < 4.78 is 13.0. The van der Waals surface area contributed by atoms with Crippen LogP contribution in [0.2, 0.25) is 0 Å². The Morgan fingerprint density at radius 1 is 1.04 bits per heavy atom. The van der Waals surface area contributed by atoms with Gasteiger partial charge >= 0.3 is 5.97 Å². The fourth-order valence-corrected chi connectivity index (χ4v) is 3.18. The molecule has 0 aromatic heterocycles. The molecule has 0 spiro atoms. The van der Waals surface area contributed by atoms with E-state index in [1.54, 1.807) is 12.1 Å². The van der Waals surface area contributed by atoms with Gasteiger partial charge in [-0.2, -0.15) is 0 Å². The molecule has 0 fully saturated rings. The molecule has 0 radical (unpaired) electrons. The van der Waals surface area contributed by atoms with Crippen LogP contribution in [-0.2, 0) is 0 Å². The Morgan fingerprint density at radius 3 is 2.35 bits per heavy atom. The van der Waals surface area contributed by atoms with Crippen molar-refractivity contribution in [3.63, 3.8) is 0 Å². The van der Waals surface area contributed by atoms with Gasteiger partial charge in [0.25, 0.3) is 0 Å². The van der Waals surface area contributed by atoms with Gasteiger partial charge in [0, 0.05) is 4.47 Å². The quantitative estimate of drug-likeness (QED) is 0.314. The SMILES string of the molecule is CCC(C)c1ccc(OC(=O)c2cc(Br)ccc2OCC(C)C)c(Br)c1. The van der Waals surface area contributed by atoms with Gasteiger partial charge in [-0.1, -0.05) is 49.7 Å². The van der Waals surface area contributed by atoms with Gasteiger partial charge in [0.15, 0.2) is 0 Å². The Labute approximate surface area is 172 Å². The molecular formula is C21H24Br2O3. The van der Waals surface area contributed by atoms with Crippen LogP contribution in [0.25, 0.3) is 0 Å². The van der Waals surface area contributed by atoms with Gasteiger partial charge < -0.3 is 9.47 Å². The Kier molecular flexibility index (Phi) is 7.71. The predicted octanol–water partition coefficient (Wildman–Crippen LogP) is 6.98. The summed E-state index contributed by atoms with van der Waals surface area (Å²) in [4.78, 5) is 12.7. The van der Waals surface area contributed by atoms with Crippen molar-refractivity contribution >= 4 is 37.8 Å². The molecule has 0 N–H and O–H groups in total. The van der Waals surface area contributed by atoms with Crippen LogP contribution in [0.5, 0.6) is 11.5 Å². The maximum absolute atomic E-state index is 12.7. The second-order valence-corrected chi connectivity index (χ2v) is 8.50. The van der Waals surface area contributed by atoms with Crippen LogP contribution in [-0.4, -0.2) is 12.6 Å². The number of rotatable bonds is 7. The van der Waals surface area contributed by atoms with Crippen LogP contribution < -0.4 is 9.47 Å². The minimum absolute atomic E-state index is 0.366. The average molecular weight is 484 g/mol. The highest BCUT2D eigenvalue weighted by Gasteiger charge is 2.18. The molecular weight excluding hydrogens is 460 g/mol. The summed E-state index contributed by atoms with van der Waals surface area (Å²) in [5, 5.41) is 0. The number of esters is 1. The van der Waals surface area contributed by atoms with E-state index < -0.39 is 5.97 Å². The second-order valence-electron chi connectivity index (χ2n) is 6.73. The van der Waals surface area contributed by atoms with Gasteiger partial charge in [0.05, 0.1) is 11.1 Å². The highest BCUT2D eigenvalue weighted by molar-refractivity contribution is 9.10. The lowest BCUT2D eigenvalue weighted by atomic mass is 9.99. The lowest BCUT2D eigenvalue weighted by Crippen LogP contribution is -2.13. The van der Waals surface area contributed by atoms with E-state index in [1.165, 1.54) is 5.56 Å². The molecule has 0 bridgehead atoms. The Bertz CT molecular complexity index is 772. The average Bonchev–Trinajstić information content (AvgIpc) is 2.61. The molecule has 140 valence electrons. The highest BCUT2D eigenvalue weighted by Crippen LogP contribution is 2.32. The lowest BCUT2D eigenvalue weighted by Gasteiger charge is -2.15. The van der Waals surface area contributed by atoms with Crippen molar-refractivity contribution in [3.8, 4) is 11.5 Å². The molecule has 2 aromatic rings. The van der Waals surface area contributed by atoms with Gasteiger partial charge in [-0.3, -0.25) is 0 Å². The molecule has 26 heavy (non-hydrogen) atoms. The predicted molar refractivity (Wildman–Crippen MR) is 112 cm³/mol. The monoisotopic (exact) mass is 482 g/mol. The largest absolute Gasteiger partial charge is 0.492 e. The van der Waals surface area contributed by atoms with Crippen molar-refractivity contribution in [3.05, 3.63) is 56.5 Å². The molecule has 2 rings (SSSR count). The third-order valence-corrected chi connectivity index (χ3v) is 5.19. The van der Waals surface area contributed by atoms with E-state index in [-0.39, 0.29) is 0 Å². The zero-order valence-electron chi connectivity index (χ0n) is 15.5. The number of carbonyl (C=O) groups excluding carboxylic acids is 1. The summed E-state index contributed by atoms with van der Waals surface area (Å²) in [7, 11) is 0. The lowest BCUT2D eigenvalue weighted by molar-refractivity contribution is 0.0728. The number of carbonyl (C=O) groups is 1. The van der Waals surface area contributed by atoms with E-state index in [1.807, 2.05) is 24.3 Å². The maximum Gasteiger partial charge on any atom is 0.347 e. The van der Waals surface area contributed by atoms with Crippen LogP contribution >= 0.6 is 31.9 Å². The first-order chi connectivity index (χ1) is 12.3. The molecule has 0 heterocycles. The van der Waals surface area contributed by atoms with Gasteiger partial charge in [-0.25, -0.2) is 4.79 Å². The normalized spacial score (nSPS) is 12.1. The highest BCUT2D eigenvalue weighted by atomic mass is 79.9. The fourth-order valence-electron chi connectivity index (χ4n) is 2.34. The van der Waals surface area contributed by atoms with E-state index in [0.717, 1.165) is 15.4 Å². The Morgan fingerprint density at radius 2 is 1.73 bits per heavy atom. The van der Waals surface area contributed by atoms with Crippen molar-refractivity contribution in [1.82, 2.24) is 0 Å². The number of ether oxygens (including phenoxy) is 2. The summed E-state index contributed by atoms with van der Waals surface area (Å²) in [6, 6.07) is 11.2. The molecule has 3 nitrogen and oxygen atoms in total. The van der Waals surface area contributed by atoms with Crippen LogP contribution in [0, 0.1) is 5.92 Å².